The molecule has 30 heavy (non-hydrogen) atoms. The Morgan fingerprint density at radius 3 is 2.33 bits per heavy atom. The van der Waals surface area contributed by atoms with Crippen molar-refractivity contribution in [2.75, 3.05) is 13.1 Å². The standard InChI is InChI=1S/C21H27F3N4O2/c1-13(2)27(14(3)4)11-10-25-20(30)19-18(29)12-15(5)28(26-19)17-9-7-6-8-16(17)21(22,23)24/h6-9,12-14H,10-11H2,1-5H3,(H,25,30). The quantitative estimate of drug-likeness (QED) is 0.740. The molecular weight excluding hydrogens is 397 g/mol. The molecule has 0 fully saturated rings. The first-order chi connectivity index (χ1) is 13.9. The Hall–Kier alpha value is -2.68. The number of nitrogens with zero attached hydrogens (tertiary/aromatic N) is 3. The van der Waals surface area contributed by atoms with E-state index >= 15 is 0 Å². The van der Waals surface area contributed by atoms with Gasteiger partial charge in [-0.1, -0.05) is 12.1 Å². The lowest BCUT2D eigenvalue weighted by Crippen LogP contribution is -2.43. The van der Waals surface area contributed by atoms with Crippen LogP contribution >= 0.6 is 0 Å². The maximum absolute atomic E-state index is 13.4. The van der Waals surface area contributed by atoms with Gasteiger partial charge in [-0.2, -0.15) is 18.3 Å². The number of amides is 1. The summed E-state index contributed by atoms with van der Waals surface area (Å²) in [6.45, 7) is 10.5. The number of rotatable bonds is 7. The van der Waals surface area contributed by atoms with Crippen molar-refractivity contribution in [3.05, 3.63) is 57.5 Å². The summed E-state index contributed by atoms with van der Waals surface area (Å²) in [5, 5.41) is 6.61. The number of carbonyl (C=O) groups excluding carboxylic acids is 1. The van der Waals surface area contributed by atoms with Gasteiger partial charge in [-0.25, -0.2) is 4.68 Å². The van der Waals surface area contributed by atoms with Crippen LogP contribution in [0.2, 0.25) is 0 Å². The molecule has 1 aromatic heterocycles. The van der Waals surface area contributed by atoms with E-state index in [0.717, 1.165) is 16.8 Å². The van der Waals surface area contributed by atoms with E-state index in [1.807, 2.05) is 27.7 Å². The summed E-state index contributed by atoms with van der Waals surface area (Å²) in [7, 11) is 0. The SMILES string of the molecule is Cc1cc(=O)c(C(=O)NCCN(C(C)C)C(C)C)nn1-c1ccccc1C(F)(F)F. The summed E-state index contributed by atoms with van der Waals surface area (Å²) in [5.74, 6) is -0.717. The lowest BCUT2D eigenvalue weighted by atomic mass is 10.1. The van der Waals surface area contributed by atoms with Crippen LogP contribution in [0.5, 0.6) is 0 Å². The van der Waals surface area contributed by atoms with Crippen LogP contribution in [0.3, 0.4) is 0 Å². The van der Waals surface area contributed by atoms with Crippen molar-refractivity contribution in [2.45, 2.75) is 52.9 Å². The fourth-order valence-electron chi connectivity index (χ4n) is 3.34. The van der Waals surface area contributed by atoms with Gasteiger partial charge in [0.2, 0.25) is 5.43 Å². The minimum atomic E-state index is -4.60. The molecule has 6 nitrogen and oxygen atoms in total. The molecule has 0 spiro atoms. The third kappa shape index (κ3) is 5.47. The van der Waals surface area contributed by atoms with E-state index in [2.05, 4.69) is 15.3 Å². The van der Waals surface area contributed by atoms with Gasteiger partial charge in [0.1, 0.15) is 0 Å². The van der Waals surface area contributed by atoms with Crippen LogP contribution < -0.4 is 10.7 Å². The second kappa shape index (κ2) is 9.42. The number of hydrogen-bond donors (Lipinski definition) is 1. The zero-order valence-corrected chi connectivity index (χ0v) is 17.7. The number of para-hydroxylation sites is 1. The zero-order chi connectivity index (χ0) is 22.6. The third-order valence-electron chi connectivity index (χ3n) is 4.74. The van der Waals surface area contributed by atoms with Gasteiger partial charge >= 0.3 is 6.18 Å². The predicted octanol–water partition coefficient (Wildman–Crippen LogP) is 3.41. The van der Waals surface area contributed by atoms with Gasteiger partial charge in [-0.3, -0.25) is 14.5 Å². The molecule has 0 saturated carbocycles. The summed E-state index contributed by atoms with van der Waals surface area (Å²) in [6, 6.07) is 6.55. The van der Waals surface area contributed by atoms with Crippen LogP contribution in [0, 0.1) is 6.92 Å². The topological polar surface area (TPSA) is 67.2 Å². The second-order valence-electron chi connectivity index (χ2n) is 7.61. The number of halogens is 3. The van der Waals surface area contributed by atoms with Crippen LogP contribution in [0.25, 0.3) is 5.69 Å². The van der Waals surface area contributed by atoms with Crippen molar-refractivity contribution in [3.63, 3.8) is 0 Å². The Morgan fingerprint density at radius 1 is 1.17 bits per heavy atom. The van der Waals surface area contributed by atoms with Gasteiger partial charge in [0.05, 0.1) is 11.3 Å². The van der Waals surface area contributed by atoms with Crippen LogP contribution in [-0.2, 0) is 6.18 Å². The average molecular weight is 424 g/mol. The molecule has 164 valence electrons. The van der Waals surface area contributed by atoms with Gasteiger partial charge < -0.3 is 5.32 Å². The third-order valence-corrected chi connectivity index (χ3v) is 4.74. The smallest absolute Gasteiger partial charge is 0.349 e. The normalized spacial score (nSPS) is 12.1. The van der Waals surface area contributed by atoms with Crippen LogP contribution in [0.4, 0.5) is 13.2 Å². The van der Waals surface area contributed by atoms with Crippen molar-refractivity contribution in [2.24, 2.45) is 0 Å². The van der Waals surface area contributed by atoms with Gasteiger partial charge in [-0.05, 0) is 46.8 Å². The number of hydrogen-bond acceptors (Lipinski definition) is 4. The monoisotopic (exact) mass is 424 g/mol. The van der Waals surface area contributed by atoms with Crippen molar-refractivity contribution in [3.8, 4) is 5.69 Å². The molecule has 1 amide bonds. The number of nitrogens with one attached hydrogen (secondary N) is 1. The highest BCUT2D eigenvalue weighted by Crippen LogP contribution is 2.33. The number of aromatic nitrogens is 2. The van der Waals surface area contributed by atoms with Crippen molar-refractivity contribution in [1.29, 1.82) is 0 Å². The minimum absolute atomic E-state index is 0.194. The fourth-order valence-corrected chi connectivity index (χ4v) is 3.34. The molecule has 0 atom stereocenters. The van der Waals surface area contributed by atoms with E-state index in [9.17, 15) is 22.8 Å². The van der Waals surface area contributed by atoms with E-state index in [4.69, 9.17) is 0 Å². The van der Waals surface area contributed by atoms with Crippen LogP contribution in [-0.4, -0.2) is 45.8 Å². The van der Waals surface area contributed by atoms with Gasteiger partial charge in [0, 0.05) is 36.9 Å². The molecule has 0 aliphatic carbocycles. The minimum Gasteiger partial charge on any atom is -0.349 e. The first-order valence-corrected chi connectivity index (χ1v) is 9.75. The molecule has 0 aliphatic heterocycles. The molecular formula is C21H27F3N4O2. The molecule has 0 aliphatic rings. The average Bonchev–Trinajstić information content (AvgIpc) is 2.63. The van der Waals surface area contributed by atoms with Crippen LogP contribution in [0.1, 0.15) is 49.4 Å². The highest BCUT2D eigenvalue weighted by Gasteiger charge is 2.34. The summed E-state index contributed by atoms with van der Waals surface area (Å²) >= 11 is 0. The highest BCUT2D eigenvalue weighted by atomic mass is 19.4. The Kier molecular flexibility index (Phi) is 7.41. The first-order valence-electron chi connectivity index (χ1n) is 9.75. The maximum Gasteiger partial charge on any atom is 0.418 e. The predicted molar refractivity (Wildman–Crippen MR) is 109 cm³/mol. The summed E-state index contributed by atoms with van der Waals surface area (Å²) in [5.41, 5.74) is -2.05. The molecule has 0 saturated heterocycles. The Bertz CT molecular complexity index is 944. The highest BCUT2D eigenvalue weighted by molar-refractivity contribution is 5.92. The van der Waals surface area contributed by atoms with Crippen molar-refractivity contribution in [1.82, 2.24) is 20.0 Å². The van der Waals surface area contributed by atoms with Crippen LogP contribution in [0.15, 0.2) is 35.1 Å². The molecule has 1 N–H and O–H groups in total. The molecule has 9 heteroatoms. The lowest BCUT2D eigenvalue weighted by molar-refractivity contribution is -0.137. The largest absolute Gasteiger partial charge is 0.418 e. The second-order valence-corrected chi connectivity index (χ2v) is 7.61. The molecule has 1 aromatic carbocycles. The maximum atomic E-state index is 13.4. The van der Waals surface area contributed by atoms with Gasteiger partial charge in [0.25, 0.3) is 5.91 Å². The Labute approximate surface area is 173 Å². The lowest BCUT2D eigenvalue weighted by Gasteiger charge is -2.30. The summed E-state index contributed by atoms with van der Waals surface area (Å²) in [6.07, 6.45) is -4.60. The van der Waals surface area contributed by atoms with Gasteiger partial charge in [-0.15, -0.1) is 0 Å². The Morgan fingerprint density at radius 2 is 1.77 bits per heavy atom. The zero-order valence-electron chi connectivity index (χ0n) is 17.7. The van der Waals surface area contributed by atoms with E-state index in [1.165, 1.54) is 25.1 Å². The van der Waals surface area contributed by atoms with Gasteiger partial charge in [0.15, 0.2) is 5.69 Å². The molecule has 2 aromatic rings. The molecule has 0 radical (unpaired) electrons. The fraction of sp³-hybridized carbons (Fsp3) is 0.476. The number of alkyl halides is 3. The molecule has 1 heterocycles. The number of carbonyl (C=O) groups is 1. The van der Waals surface area contributed by atoms with E-state index in [-0.39, 0.29) is 30.0 Å². The van der Waals surface area contributed by atoms with E-state index in [1.54, 1.807) is 0 Å². The number of aryl methyl sites for hydroxylation is 1. The van der Waals surface area contributed by atoms with Crippen molar-refractivity contribution >= 4 is 5.91 Å². The first kappa shape index (κ1) is 23.6. The summed E-state index contributed by atoms with van der Waals surface area (Å²) < 4.78 is 41.1. The molecule has 0 bridgehead atoms. The Balaban J connectivity index is 2.32. The summed E-state index contributed by atoms with van der Waals surface area (Å²) in [4.78, 5) is 27.0. The molecule has 2 rings (SSSR count). The van der Waals surface area contributed by atoms with E-state index < -0.39 is 28.8 Å². The molecule has 0 unspecified atom stereocenters. The van der Waals surface area contributed by atoms with E-state index in [0.29, 0.717) is 6.54 Å². The number of benzene rings is 1. The van der Waals surface area contributed by atoms with Crippen molar-refractivity contribution < 1.29 is 18.0 Å².